The van der Waals surface area contributed by atoms with Crippen molar-refractivity contribution in [3.05, 3.63) is 50.3 Å². The van der Waals surface area contributed by atoms with E-state index in [9.17, 15) is 0 Å². The van der Waals surface area contributed by atoms with Crippen LogP contribution in [0.1, 0.15) is 40.6 Å². The molecule has 2 aliphatic heterocycles. The first kappa shape index (κ1) is 17.5. The number of nitrogens with one attached hydrogen (secondary N) is 2. The van der Waals surface area contributed by atoms with Crippen LogP contribution in [0, 0.1) is 0 Å². The minimum atomic E-state index is 0.161. The average Bonchev–Trinajstić information content (AvgIpc) is 3.43. The highest BCUT2D eigenvalue weighted by molar-refractivity contribution is 9.10. The van der Waals surface area contributed by atoms with Gasteiger partial charge in [-0.1, -0.05) is 39.8 Å². The number of aromatic nitrogens is 3. The lowest BCUT2D eigenvalue weighted by atomic mass is 9.94. The molecular formula is C19H19BrN6S2. The zero-order valence-electron chi connectivity index (χ0n) is 15.1. The standard InChI is InChI=1S/C19H19BrN6S2/c20-12-7-5-11(6-8-12)9-27-19-24-23-18-25(19)17-15(16-21-10-22-26(16)18)13-3-1-2-4-14(13)28-17/h5-8,16,21-22H,1-4,9-10H2. The van der Waals surface area contributed by atoms with Crippen molar-refractivity contribution in [2.45, 2.75) is 42.8 Å². The van der Waals surface area contributed by atoms with Gasteiger partial charge >= 0.3 is 0 Å². The van der Waals surface area contributed by atoms with Crippen LogP contribution in [0.15, 0.2) is 33.9 Å². The van der Waals surface area contributed by atoms with Crippen LogP contribution in [0.2, 0.25) is 0 Å². The average molecular weight is 475 g/mol. The van der Waals surface area contributed by atoms with Gasteiger partial charge in [-0.2, -0.15) is 0 Å². The normalized spacial score (nSPS) is 19.9. The second kappa shape index (κ2) is 6.84. The van der Waals surface area contributed by atoms with E-state index in [1.54, 1.807) is 22.2 Å². The molecule has 6 rings (SSSR count). The molecule has 0 spiro atoms. The molecule has 28 heavy (non-hydrogen) atoms. The number of aryl methyl sites for hydroxylation is 1. The first-order chi connectivity index (χ1) is 13.8. The van der Waals surface area contributed by atoms with E-state index in [2.05, 4.69) is 70.7 Å². The number of nitrogens with zero attached hydrogens (tertiary/aromatic N) is 4. The van der Waals surface area contributed by atoms with Gasteiger partial charge in [0.15, 0.2) is 5.16 Å². The summed E-state index contributed by atoms with van der Waals surface area (Å²) in [5.74, 6) is 1.76. The number of halogens is 1. The maximum atomic E-state index is 4.56. The van der Waals surface area contributed by atoms with Gasteiger partial charge in [0.1, 0.15) is 11.2 Å². The molecule has 2 aromatic heterocycles. The summed E-state index contributed by atoms with van der Waals surface area (Å²) in [6.07, 6.45) is 5.13. The van der Waals surface area contributed by atoms with Gasteiger partial charge in [-0.15, -0.1) is 21.5 Å². The van der Waals surface area contributed by atoms with Gasteiger partial charge in [0.25, 0.3) is 0 Å². The van der Waals surface area contributed by atoms with Crippen molar-refractivity contribution in [2.24, 2.45) is 0 Å². The van der Waals surface area contributed by atoms with Crippen LogP contribution in [0.3, 0.4) is 0 Å². The summed E-state index contributed by atoms with van der Waals surface area (Å²) in [6, 6.07) is 8.49. The minimum absolute atomic E-state index is 0.161. The molecule has 2 N–H and O–H groups in total. The van der Waals surface area contributed by atoms with E-state index in [1.807, 2.05) is 11.3 Å². The van der Waals surface area contributed by atoms with Crippen molar-refractivity contribution in [2.75, 3.05) is 11.7 Å². The van der Waals surface area contributed by atoms with Gasteiger partial charge in [0, 0.05) is 20.7 Å². The molecule has 1 unspecified atom stereocenters. The van der Waals surface area contributed by atoms with Crippen LogP contribution in [0.25, 0.3) is 5.00 Å². The highest BCUT2D eigenvalue weighted by Gasteiger charge is 2.41. The molecule has 1 aromatic carbocycles. The van der Waals surface area contributed by atoms with Crippen LogP contribution >= 0.6 is 39.0 Å². The number of hydrogen-bond acceptors (Lipinski definition) is 7. The van der Waals surface area contributed by atoms with Gasteiger partial charge in [-0.25, -0.2) is 9.99 Å². The SMILES string of the molecule is Brc1ccc(CSc2nnc3n2-c2sc4c(c2C2NCNN32)CCCC4)cc1. The van der Waals surface area contributed by atoms with E-state index < -0.39 is 0 Å². The van der Waals surface area contributed by atoms with Crippen LogP contribution in [-0.4, -0.2) is 21.4 Å². The maximum Gasteiger partial charge on any atom is 0.249 e. The number of hydrogen-bond donors (Lipinski definition) is 2. The summed E-state index contributed by atoms with van der Waals surface area (Å²) < 4.78 is 3.37. The van der Waals surface area contributed by atoms with E-state index in [0.717, 1.165) is 28.0 Å². The van der Waals surface area contributed by atoms with E-state index in [1.165, 1.54) is 41.8 Å². The Labute approximate surface area is 179 Å². The Kier molecular flexibility index (Phi) is 4.27. The third-order valence-electron chi connectivity index (χ3n) is 5.59. The van der Waals surface area contributed by atoms with Crippen LogP contribution in [0.5, 0.6) is 0 Å². The Hall–Kier alpha value is -1.39. The fourth-order valence-corrected chi connectivity index (χ4v) is 6.90. The van der Waals surface area contributed by atoms with Crippen LogP contribution in [-0.2, 0) is 18.6 Å². The molecule has 0 saturated carbocycles. The largest absolute Gasteiger partial charge is 0.278 e. The molecule has 4 heterocycles. The molecule has 144 valence electrons. The lowest BCUT2D eigenvalue weighted by molar-refractivity contribution is 0.579. The Morgan fingerprint density at radius 2 is 2.04 bits per heavy atom. The summed E-state index contributed by atoms with van der Waals surface area (Å²) in [5, 5.41) is 17.1. The fourth-order valence-electron chi connectivity index (χ4n) is 4.27. The molecule has 3 aliphatic rings. The monoisotopic (exact) mass is 474 g/mol. The molecule has 0 radical (unpaired) electrons. The second-order valence-corrected chi connectivity index (χ2v) is 10.2. The van der Waals surface area contributed by atoms with Gasteiger partial charge in [0.2, 0.25) is 5.95 Å². The zero-order chi connectivity index (χ0) is 18.7. The van der Waals surface area contributed by atoms with E-state index in [-0.39, 0.29) is 6.17 Å². The number of fused-ring (bicyclic) bond motifs is 8. The summed E-state index contributed by atoms with van der Waals surface area (Å²) in [4.78, 5) is 1.55. The fraction of sp³-hybridized carbons (Fsp3) is 0.368. The lowest BCUT2D eigenvalue weighted by Crippen LogP contribution is -2.39. The van der Waals surface area contributed by atoms with Gasteiger partial charge in [0.05, 0.1) is 6.67 Å². The molecular weight excluding hydrogens is 456 g/mol. The smallest absolute Gasteiger partial charge is 0.249 e. The second-order valence-electron chi connectivity index (χ2n) is 7.27. The van der Waals surface area contributed by atoms with E-state index in [0.29, 0.717) is 0 Å². The quantitative estimate of drug-likeness (QED) is 0.556. The minimum Gasteiger partial charge on any atom is -0.278 e. The molecule has 0 amide bonds. The number of rotatable bonds is 3. The Balaban J connectivity index is 1.41. The highest BCUT2D eigenvalue weighted by atomic mass is 79.9. The Bertz CT molecular complexity index is 1040. The van der Waals surface area contributed by atoms with E-state index >= 15 is 0 Å². The topological polar surface area (TPSA) is 58.0 Å². The first-order valence-electron chi connectivity index (χ1n) is 9.53. The van der Waals surface area contributed by atoms with Crippen molar-refractivity contribution < 1.29 is 0 Å². The molecule has 9 heteroatoms. The first-order valence-corrected chi connectivity index (χ1v) is 12.1. The van der Waals surface area contributed by atoms with Gasteiger partial charge in [-0.3, -0.25) is 10.3 Å². The molecule has 0 bridgehead atoms. The predicted molar refractivity (Wildman–Crippen MR) is 116 cm³/mol. The molecule has 3 aromatic rings. The highest BCUT2D eigenvalue weighted by Crippen LogP contribution is 2.47. The van der Waals surface area contributed by atoms with Gasteiger partial charge in [-0.05, 0) is 48.9 Å². The predicted octanol–water partition coefficient (Wildman–Crippen LogP) is 4.15. The summed E-state index contributed by atoms with van der Waals surface area (Å²) in [7, 11) is 0. The number of thiophene rings is 1. The van der Waals surface area contributed by atoms with Crippen LogP contribution in [0.4, 0.5) is 5.95 Å². The number of benzene rings is 1. The van der Waals surface area contributed by atoms with Crippen molar-refractivity contribution in [1.82, 2.24) is 25.5 Å². The van der Waals surface area contributed by atoms with Crippen molar-refractivity contribution in [3.8, 4) is 5.00 Å². The van der Waals surface area contributed by atoms with Crippen molar-refractivity contribution >= 4 is 45.0 Å². The van der Waals surface area contributed by atoms with Crippen LogP contribution < -0.4 is 15.8 Å². The summed E-state index contributed by atoms with van der Waals surface area (Å²) >= 11 is 7.20. The number of anilines is 1. The summed E-state index contributed by atoms with van der Waals surface area (Å²) in [5.41, 5.74) is 7.71. The van der Waals surface area contributed by atoms with E-state index in [4.69, 9.17) is 0 Å². The van der Waals surface area contributed by atoms with Crippen molar-refractivity contribution in [3.63, 3.8) is 0 Å². The molecule has 1 fully saturated rings. The Morgan fingerprint density at radius 3 is 2.93 bits per heavy atom. The number of hydrazine groups is 1. The third-order valence-corrected chi connectivity index (χ3v) is 8.41. The lowest BCUT2D eigenvalue weighted by Gasteiger charge is -2.31. The maximum absolute atomic E-state index is 4.56. The third kappa shape index (κ3) is 2.68. The zero-order valence-corrected chi connectivity index (χ0v) is 18.3. The molecule has 6 nitrogen and oxygen atoms in total. The number of thioether (sulfide) groups is 1. The molecule has 1 saturated heterocycles. The summed E-state index contributed by atoms with van der Waals surface area (Å²) in [6.45, 7) is 0.753. The van der Waals surface area contributed by atoms with Crippen molar-refractivity contribution in [1.29, 1.82) is 0 Å². The Morgan fingerprint density at radius 1 is 1.18 bits per heavy atom. The molecule has 1 atom stereocenters. The molecule has 1 aliphatic carbocycles. The van der Waals surface area contributed by atoms with Gasteiger partial charge < -0.3 is 0 Å².